The predicted octanol–water partition coefficient (Wildman–Crippen LogP) is 5.47. The van der Waals surface area contributed by atoms with Crippen molar-refractivity contribution in [3.63, 3.8) is 0 Å². The summed E-state index contributed by atoms with van der Waals surface area (Å²) >= 11 is 1.38. The molecular weight excluding hydrogens is 488 g/mol. The molecule has 2 fully saturated rings. The fraction of sp³-hybridized carbons (Fsp3) is 0.357. The van der Waals surface area contributed by atoms with Crippen molar-refractivity contribution in [3.8, 4) is 10.4 Å². The van der Waals surface area contributed by atoms with Crippen LogP contribution in [0.4, 0.5) is 15.6 Å². The van der Waals surface area contributed by atoms with Crippen molar-refractivity contribution in [2.45, 2.75) is 56.7 Å². The smallest absolute Gasteiger partial charge is 0.410 e. The second kappa shape index (κ2) is 11.1. The van der Waals surface area contributed by atoms with Gasteiger partial charge in [0, 0.05) is 18.4 Å². The Labute approximate surface area is 220 Å². The Morgan fingerprint density at radius 3 is 2.57 bits per heavy atom. The van der Waals surface area contributed by atoms with E-state index in [0.29, 0.717) is 18.1 Å². The highest BCUT2D eigenvalue weighted by Gasteiger charge is 2.36. The molecule has 9 heteroatoms. The molecule has 1 saturated heterocycles. The fourth-order valence-corrected chi connectivity index (χ4v) is 5.82. The van der Waals surface area contributed by atoms with Crippen LogP contribution < -0.4 is 10.6 Å². The Bertz CT molecular complexity index is 1240. The zero-order valence-electron chi connectivity index (χ0n) is 20.5. The molecule has 2 aliphatic rings. The van der Waals surface area contributed by atoms with Crippen LogP contribution >= 0.6 is 11.3 Å². The van der Waals surface area contributed by atoms with Gasteiger partial charge in [-0.25, -0.2) is 9.78 Å². The van der Waals surface area contributed by atoms with E-state index in [4.69, 9.17) is 4.74 Å². The number of benzene rings is 2. The number of nitrogens with one attached hydrogen (secondary N) is 2. The Balaban J connectivity index is 1.17. The number of amides is 2. The standard InChI is InChI=1S/C28H30N4O4S/c33-19-28(14-4-5-15-28)31-22-12-10-21(11-13-22)24-17-29-26(37-24)30-25(34)23-9-6-16-32(23)27(35)36-18-20-7-2-1-3-8-20/h1-3,7-8,10-13,17,19,23,31H,4-6,9,14-16,18H2,(H,29,30,34). The largest absolute Gasteiger partial charge is 0.445 e. The maximum Gasteiger partial charge on any atom is 0.410 e. The minimum absolute atomic E-state index is 0.171. The maximum absolute atomic E-state index is 13.0. The van der Waals surface area contributed by atoms with Crippen LogP contribution in [0.2, 0.25) is 0 Å². The molecule has 1 aliphatic carbocycles. The first-order valence-corrected chi connectivity index (χ1v) is 13.5. The number of hydrogen-bond acceptors (Lipinski definition) is 7. The summed E-state index contributed by atoms with van der Waals surface area (Å²) in [5, 5.41) is 6.75. The number of carbonyl (C=O) groups excluding carboxylic acids is 3. The van der Waals surface area contributed by atoms with Gasteiger partial charge in [-0.2, -0.15) is 0 Å². The second-order valence-corrected chi connectivity index (χ2v) is 10.6. The molecule has 1 aromatic heterocycles. The van der Waals surface area contributed by atoms with Crippen LogP contribution in [0.1, 0.15) is 44.1 Å². The number of rotatable bonds is 8. The second-order valence-electron chi connectivity index (χ2n) is 9.59. The summed E-state index contributed by atoms with van der Waals surface area (Å²) in [6.45, 7) is 0.658. The van der Waals surface area contributed by atoms with E-state index in [-0.39, 0.29) is 12.5 Å². The van der Waals surface area contributed by atoms with Crippen molar-refractivity contribution in [1.29, 1.82) is 0 Å². The average molecular weight is 519 g/mol. The Hall–Kier alpha value is -3.72. The van der Waals surface area contributed by atoms with Crippen LogP contribution in [-0.4, -0.2) is 46.3 Å². The van der Waals surface area contributed by atoms with Crippen molar-refractivity contribution in [3.05, 3.63) is 66.4 Å². The molecule has 8 nitrogen and oxygen atoms in total. The van der Waals surface area contributed by atoms with Gasteiger partial charge in [-0.3, -0.25) is 9.69 Å². The summed E-state index contributed by atoms with van der Waals surface area (Å²) in [5.74, 6) is -0.259. The van der Waals surface area contributed by atoms with Gasteiger partial charge in [0.1, 0.15) is 18.9 Å². The Morgan fingerprint density at radius 2 is 1.84 bits per heavy atom. The van der Waals surface area contributed by atoms with Crippen LogP contribution in [0.5, 0.6) is 0 Å². The highest BCUT2D eigenvalue weighted by molar-refractivity contribution is 7.19. The van der Waals surface area contributed by atoms with E-state index in [2.05, 4.69) is 15.6 Å². The van der Waals surface area contributed by atoms with E-state index < -0.39 is 17.7 Å². The van der Waals surface area contributed by atoms with E-state index >= 15 is 0 Å². The molecule has 1 atom stereocenters. The summed E-state index contributed by atoms with van der Waals surface area (Å²) in [7, 11) is 0. The number of carbonyl (C=O) groups is 3. The third-order valence-corrected chi connectivity index (χ3v) is 7.98. The topological polar surface area (TPSA) is 101 Å². The molecule has 3 aromatic rings. The number of aldehydes is 1. The van der Waals surface area contributed by atoms with Crippen LogP contribution in [-0.2, 0) is 20.9 Å². The molecule has 1 saturated carbocycles. The molecule has 1 aliphatic heterocycles. The van der Waals surface area contributed by atoms with Crippen LogP contribution in [0, 0.1) is 0 Å². The van der Waals surface area contributed by atoms with Crippen molar-refractivity contribution in [1.82, 2.24) is 9.88 Å². The summed E-state index contributed by atoms with van der Waals surface area (Å²) in [6, 6.07) is 16.8. The molecule has 1 unspecified atom stereocenters. The molecule has 5 rings (SSSR count). The van der Waals surface area contributed by atoms with Crippen molar-refractivity contribution < 1.29 is 19.1 Å². The number of hydrogen-bond donors (Lipinski definition) is 2. The first-order valence-electron chi connectivity index (χ1n) is 12.6. The van der Waals surface area contributed by atoms with E-state index in [9.17, 15) is 14.4 Å². The van der Waals surface area contributed by atoms with E-state index in [1.165, 1.54) is 16.2 Å². The van der Waals surface area contributed by atoms with Gasteiger partial charge in [0.2, 0.25) is 5.91 Å². The van der Waals surface area contributed by atoms with Gasteiger partial charge in [0.05, 0.1) is 10.4 Å². The number of ether oxygens (including phenoxy) is 1. The Morgan fingerprint density at radius 1 is 1.08 bits per heavy atom. The fourth-order valence-electron chi connectivity index (χ4n) is 5.00. The van der Waals surface area contributed by atoms with Crippen molar-refractivity contribution in [2.24, 2.45) is 0 Å². The van der Waals surface area contributed by atoms with E-state index in [0.717, 1.165) is 60.1 Å². The van der Waals surface area contributed by atoms with Crippen molar-refractivity contribution in [2.75, 3.05) is 17.2 Å². The van der Waals surface area contributed by atoms with E-state index in [1.54, 1.807) is 6.20 Å². The number of likely N-dealkylation sites (tertiary alicyclic amines) is 1. The first kappa shape index (κ1) is 25.0. The zero-order chi connectivity index (χ0) is 25.7. The summed E-state index contributed by atoms with van der Waals surface area (Å²) < 4.78 is 5.44. The van der Waals surface area contributed by atoms with Gasteiger partial charge >= 0.3 is 6.09 Å². The molecule has 2 N–H and O–H groups in total. The lowest BCUT2D eigenvalue weighted by molar-refractivity contribution is -0.120. The molecule has 0 spiro atoms. The molecule has 0 bridgehead atoms. The third-order valence-electron chi connectivity index (χ3n) is 7.01. The number of thiazole rings is 1. The minimum Gasteiger partial charge on any atom is -0.445 e. The molecule has 37 heavy (non-hydrogen) atoms. The molecule has 2 amide bonds. The van der Waals surface area contributed by atoms with Crippen LogP contribution in [0.15, 0.2) is 60.8 Å². The molecule has 2 aromatic carbocycles. The average Bonchev–Trinajstić information content (AvgIpc) is 3.70. The lowest BCUT2D eigenvalue weighted by atomic mass is 9.99. The molecular formula is C28H30N4O4S. The summed E-state index contributed by atoms with van der Waals surface area (Å²) in [6.07, 6.45) is 7.46. The van der Waals surface area contributed by atoms with Gasteiger partial charge in [-0.1, -0.05) is 66.6 Å². The zero-order valence-corrected chi connectivity index (χ0v) is 21.3. The molecule has 192 valence electrons. The molecule has 0 radical (unpaired) electrons. The first-order chi connectivity index (χ1) is 18.0. The van der Waals surface area contributed by atoms with Gasteiger partial charge in [-0.05, 0) is 48.9 Å². The summed E-state index contributed by atoms with van der Waals surface area (Å²) in [4.78, 5) is 44.0. The number of nitrogens with zero attached hydrogens (tertiary/aromatic N) is 2. The normalized spacial score (nSPS) is 18.4. The van der Waals surface area contributed by atoms with Gasteiger partial charge in [0.15, 0.2) is 5.13 Å². The minimum atomic E-state index is -0.582. The van der Waals surface area contributed by atoms with Crippen LogP contribution in [0.3, 0.4) is 0 Å². The van der Waals surface area contributed by atoms with Crippen molar-refractivity contribution >= 4 is 40.4 Å². The number of anilines is 2. The van der Waals surface area contributed by atoms with Gasteiger partial charge in [0.25, 0.3) is 0 Å². The monoisotopic (exact) mass is 518 g/mol. The highest BCUT2D eigenvalue weighted by atomic mass is 32.1. The lowest BCUT2D eigenvalue weighted by Gasteiger charge is -2.25. The van der Waals surface area contributed by atoms with Crippen LogP contribution in [0.25, 0.3) is 10.4 Å². The quantitative estimate of drug-likeness (QED) is 0.384. The Kier molecular flexibility index (Phi) is 7.50. The predicted molar refractivity (Wildman–Crippen MR) is 143 cm³/mol. The molecule has 2 heterocycles. The SMILES string of the molecule is O=CC1(Nc2ccc(-c3cnc(NC(=O)C4CCCN4C(=O)OCc4ccccc4)s3)cc2)CCCC1. The van der Waals surface area contributed by atoms with Gasteiger partial charge in [-0.15, -0.1) is 0 Å². The third kappa shape index (κ3) is 5.83. The maximum atomic E-state index is 13.0. The van der Waals surface area contributed by atoms with E-state index in [1.807, 2.05) is 54.6 Å². The lowest BCUT2D eigenvalue weighted by Crippen LogP contribution is -2.43. The van der Waals surface area contributed by atoms with Gasteiger partial charge < -0.3 is 20.2 Å². The highest BCUT2D eigenvalue weighted by Crippen LogP contribution is 2.34. The number of aromatic nitrogens is 1. The summed E-state index contributed by atoms with van der Waals surface area (Å²) in [5.41, 5.74) is 2.33.